The SMILES string of the molecule is CC1(C(=O)Nc2cc(C(C)(C)C)nn2-c2ccccn2)Cc2ccccc2C(=O)O1. The van der Waals surface area contributed by atoms with Gasteiger partial charge in [0.05, 0.1) is 11.3 Å². The van der Waals surface area contributed by atoms with Gasteiger partial charge in [-0.3, -0.25) is 4.79 Å². The summed E-state index contributed by atoms with van der Waals surface area (Å²) in [5.74, 6) is 0.144. The number of anilines is 1. The maximum atomic E-state index is 13.2. The van der Waals surface area contributed by atoms with E-state index in [9.17, 15) is 9.59 Å². The number of ether oxygens (including phenoxy) is 1. The highest BCUT2D eigenvalue weighted by Crippen LogP contribution is 2.31. The molecule has 154 valence electrons. The van der Waals surface area contributed by atoms with E-state index in [-0.39, 0.29) is 5.41 Å². The van der Waals surface area contributed by atoms with Gasteiger partial charge < -0.3 is 10.1 Å². The van der Waals surface area contributed by atoms with Crippen molar-refractivity contribution in [2.45, 2.75) is 45.1 Å². The Morgan fingerprint density at radius 2 is 1.90 bits per heavy atom. The minimum atomic E-state index is -1.33. The Morgan fingerprint density at radius 3 is 2.60 bits per heavy atom. The van der Waals surface area contributed by atoms with Gasteiger partial charge in [0.2, 0.25) is 0 Å². The maximum absolute atomic E-state index is 13.2. The predicted octanol–water partition coefficient (Wildman–Crippen LogP) is 3.68. The quantitative estimate of drug-likeness (QED) is 0.673. The van der Waals surface area contributed by atoms with Crippen LogP contribution in [-0.4, -0.2) is 32.2 Å². The van der Waals surface area contributed by atoms with Crippen molar-refractivity contribution in [2.24, 2.45) is 0 Å². The molecule has 1 N–H and O–H groups in total. The van der Waals surface area contributed by atoms with E-state index in [0.29, 0.717) is 23.6 Å². The second-order valence-electron chi connectivity index (χ2n) is 8.67. The maximum Gasteiger partial charge on any atom is 0.339 e. The van der Waals surface area contributed by atoms with Crippen molar-refractivity contribution in [3.05, 3.63) is 71.5 Å². The molecule has 1 aromatic carbocycles. The first-order valence-electron chi connectivity index (χ1n) is 9.82. The lowest BCUT2D eigenvalue weighted by atomic mass is 9.89. The lowest BCUT2D eigenvalue weighted by Gasteiger charge is -2.32. The van der Waals surface area contributed by atoms with Crippen molar-refractivity contribution < 1.29 is 14.3 Å². The van der Waals surface area contributed by atoms with Gasteiger partial charge in [0.15, 0.2) is 11.4 Å². The highest BCUT2D eigenvalue weighted by atomic mass is 16.6. The van der Waals surface area contributed by atoms with Crippen molar-refractivity contribution in [1.82, 2.24) is 14.8 Å². The van der Waals surface area contributed by atoms with Gasteiger partial charge in [-0.25, -0.2) is 9.78 Å². The summed E-state index contributed by atoms with van der Waals surface area (Å²) in [5.41, 5.74) is 0.544. The molecule has 1 aliphatic rings. The third-order valence-corrected chi connectivity index (χ3v) is 5.15. The van der Waals surface area contributed by atoms with Gasteiger partial charge in [-0.15, -0.1) is 0 Å². The fourth-order valence-corrected chi connectivity index (χ4v) is 3.40. The monoisotopic (exact) mass is 404 g/mol. The number of pyridine rings is 1. The number of carbonyl (C=O) groups is 2. The minimum Gasteiger partial charge on any atom is -0.445 e. The number of hydrogen-bond donors (Lipinski definition) is 1. The number of rotatable bonds is 3. The molecule has 0 saturated heterocycles. The topological polar surface area (TPSA) is 86.1 Å². The average molecular weight is 404 g/mol. The molecule has 3 aromatic rings. The Hall–Kier alpha value is -3.48. The fourth-order valence-electron chi connectivity index (χ4n) is 3.40. The average Bonchev–Trinajstić information content (AvgIpc) is 3.13. The van der Waals surface area contributed by atoms with Crippen LogP contribution < -0.4 is 5.32 Å². The number of hydrogen-bond acceptors (Lipinski definition) is 5. The van der Waals surface area contributed by atoms with Gasteiger partial charge in [0.1, 0.15) is 5.82 Å². The number of aromatic nitrogens is 3. The number of amides is 1. The van der Waals surface area contributed by atoms with Crippen molar-refractivity contribution in [1.29, 1.82) is 0 Å². The molecule has 1 aliphatic heterocycles. The molecule has 4 rings (SSSR count). The number of nitrogens with zero attached hydrogens (tertiary/aromatic N) is 3. The molecule has 0 radical (unpaired) electrons. The molecule has 1 atom stereocenters. The van der Waals surface area contributed by atoms with Gasteiger partial charge in [-0.2, -0.15) is 9.78 Å². The minimum absolute atomic E-state index is 0.223. The summed E-state index contributed by atoms with van der Waals surface area (Å²) in [6, 6.07) is 14.5. The summed E-state index contributed by atoms with van der Waals surface area (Å²) in [6.45, 7) is 7.77. The van der Waals surface area contributed by atoms with E-state index in [0.717, 1.165) is 11.3 Å². The van der Waals surface area contributed by atoms with Crippen LogP contribution in [-0.2, 0) is 21.4 Å². The number of esters is 1. The van der Waals surface area contributed by atoms with Gasteiger partial charge >= 0.3 is 5.97 Å². The second kappa shape index (κ2) is 7.09. The van der Waals surface area contributed by atoms with Gasteiger partial charge in [0.25, 0.3) is 5.91 Å². The summed E-state index contributed by atoms with van der Waals surface area (Å²) >= 11 is 0. The van der Waals surface area contributed by atoms with E-state index in [2.05, 4.69) is 15.4 Å². The molecule has 7 nitrogen and oxygen atoms in total. The molecule has 0 fully saturated rings. The zero-order valence-electron chi connectivity index (χ0n) is 17.5. The van der Waals surface area contributed by atoms with Crippen molar-refractivity contribution in [3.8, 4) is 5.82 Å². The van der Waals surface area contributed by atoms with E-state index < -0.39 is 17.5 Å². The van der Waals surface area contributed by atoms with E-state index >= 15 is 0 Å². The molecule has 0 bridgehead atoms. The Bertz CT molecular complexity index is 1110. The zero-order valence-corrected chi connectivity index (χ0v) is 17.5. The summed E-state index contributed by atoms with van der Waals surface area (Å²) in [7, 11) is 0. The van der Waals surface area contributed by atoms with Gasteiger partial charge in [-0.1, -0.05) is 45.0 Å². The van der Waals surface area contributed by atoms with Crippen molar-refractivity contribution in [3.63, 3.8) is 0 Å². The summed E-state index contributed by atoms with van der Waals surface area (Å²) in [4.78, 5) is 30.0. The van der Waals surface area contributed by atoms with Crippen molar-refractivity contribution >= 4 is 17.7 Å². The van der Waals surface area contributed by atoms with Crippen LogP contribution in [0.15, 0.2) is 54.7 Å². The molecule has 3 heterocycles. The van der Waals surface area contributed by atoms with E-state index in [1.807, 2.05) is 57.2 Å². The Morgan fingerprint density at radius 1 is 1.17 bits per heavy atom. The number of fused-ring (bicyclic) bond motifs is 1. The second-order valence-corrected chi connectivity index (χ2v) is 8.67. The number of carbonyl (C=O) groups excluding carboxylic acids is 2. The van der Waals surface area contributed by atoms with E-state index in [4.69, 9.17) is 4.74 Å². The van der Waals surface area contributed by atoms with Crippen LogP contribution in [0.3, 0.4) is 0 Å². The van der Waals surface area contributed by atoms with Gasteiger partial charge in [-0.05, 0) is 30.7 Å². The van der Waals surface area contributed by atoms with E-state index in [1.165, 1.54) is 0 Å². The normalized spacial score (nSPS) is 18.5. The Kier molecular flexibility index (Phi) is 4.68. The highest BCUT2D eigenvalue weighted by Gasteiger charge is 2.43. The molecular weight excluding hydrogens is 380 g/mol. The molecule has 1 amide bonds. The third-order valence-electron chi connectivity index (χ3n) is 5.15. The predicted molar refractivity (Wildman–Crippen MR) is 113 cm³/mol. The number of benzene rings is 1. The van der Waals surface area contributed by atoms with E-state index in [1.54, 1.807) is 29.9 Å². The fraction of sp³-hybridized carbons (Fsp3) is 0.304. The smallest absolute Gasteiger partial charge is 0.339 e. The van der Waals surface area contributed by atoms with Crippen LogP contribution in [0, 0.1) is 0 Å². The Balaban J connectivity index is 1.68. The molecule has 0 saturated carbocycles. The lowest BCUT2D eigenvalue weighted by Crippen LogP contribution is -2.49. The first kappa shape index (κ1) is 19.8. The van der Waals surface area contributed by atoms with Crippen LogP contribution in [0.5, 0.6) is 0 Å². The third kappa shape index (κ3) is 3.58. The summed E-state index contributed by atoms with van der Waals surface area (Å²) < 4.78 is 7.16. The molecule has 7 heteroatoms. The Labute approximate surface area is 175 Å². The number of cyclic esters (lactones) is 1. The lowest BCUT2D eigenvalue weighted by molar-refractivity contribution is -0.134. The molecular formula is C23H24N4O3. The largest absolute Gasteiger partial charge is 0.445 e. The standard InChI is InChI=1S/C23H24N4O3/c1-22(2,3)17-13-19(27(26-17)18-11-7-8-12-24-18)25-21(29)23(4)14-15-9-5-6-10-16(15)20(28)30-23/h5-13H,14H2,1-4H3,(H,25,29). The molecule has 0 aliphatic carbocycles. The van der Waals surface area contributed by atoms with Crippen molar-refractivity contribution in [2.75, 3.05) is 5.32 Å². The van der Waals surface area contributed by atoms with Crippen LogP contribution in [0.1, 0.15) is 49.3 Å². The number of nitrogens with one attached hydrogen (secondary N) is 1. The summed E-state index contributed by atoms with van der Waals surface area (Å²) in [5, 5.41) is 7.56. The van der Waals surface area contributed by atoms with Gasteiger partial charge in [0, 0.05) is 24.1 Å². The first-order valence-corrected chi connectivity index (χ1v) is 9.82. The van der Waals surface area contributed by atoms with Crippen LogP contribution in [0.25, 0.3) is 5.82 Å². The molecule has 1 unspecified atom stereocenters. The summed E-state index contributed by atoms with van der Waals surface area (Å²) in [6.07, 6.45) is 1.96. The van der Waals surface area contributed by atoms with Crippen LogP contribution in [0.4, 0.5) is 5.82 Å². The first-order chi connectivity index (χ1) is 14.2. The molecule has 30 heavy (non-hydrogen) atoms. The highest BCUT2D eigenvalue weighted by molar-refractivity contribution is 6.02. The van der Waals surface area contributed by atoms with Crippen LogP contribution >= 0.6 is 0 Å². The zero-order chi connectivity index (χ0) is 21.5. The molecule has 0 spiro atoms. The molecule has 2 aromatic heterocycles. The van der Waals surface area contributed by atoms with Crippen LogP contribution in [0.2, 0.25) is 0 Å².